The molecular weight excluding hydrogens is 510 g/mol. The lowest BCUT2D eigenvalue weighted by atomic mass is 9.88. The molecule has 0 bridgehead atoms. The predicted octanol–water partition coefficient (Wildman–Crippen LogP) is 7.41. The molecule has 8 rings (SSSR count). The van der Waals surface area contributed by atoms with E-state index in [4.69, 9.17) is 9.72 Å². The van der Waals surface area contributed by atoms with E-state index in [1.165, 1.54) is 5.56 Å². The smallest absolute Gasteiger partial charge is 0.221 e. The Kier molecular flexibility index (Phi) is 4.91. The highest BCUT2D eigenvalue weighted by atomic mass is 16.5. The molecular formula is C33H25N7O. The Balaban J connectivity index is 1.29. The Hall–Kier alpha value is -5.37. The van der Waals surface area contributed by atoms with Crippen LogP contribution in [-0.4, -0.2) is 34.1 Å². The number of aromatic nitrogens is 7. The second-order valence-corrected chi connectivity index (χ2v) is 11.2. The lowest BCUT2D eigenvalue weighted by molar-refractivity contribution is 0.464. The van der Waals surface area contributed by atoms with Crippen molar-refractivity contribution in [2.75, 3.05) is 0 Å². The topological polar surface area (TPSA) is 83.0 Å². The zero-order valence-electron chi connectivity index (χ0n) is 22.8. The molecule has 2 aromatic carbocycles. The largest absolute Gasteiger partial charge is 0.439 e. The zero-order valence-corrected chi connectivity index (χ0v) is 22.8. The molecule has 198 valence electrons. The predicted molar refractivity (Wildman–Crippen MR) is 161 cm³/mol. The summed E-state index contributed by atoms with van der Waals surface area (Å²) >= 11 is 0. The molecule has 6 aromatic heterocycles. The summed E-state index contributed by atoms with van der Waals surface area (Å²) < 4.78 is 10.4. The minimum Gasteiger partial charge on any atom is -0.439 e. The molecule has 0 spiro atoms. The molecule has 8 nitrogen and oxygen atoms in total. The van der Waals surface area contributed by atoms with Crippen molar-refractivity contribution in [2.45, 2.75) is 26.2 Å². The first-order valence-electron chi connectivity index (χ1n) is 13.5. The van der Waals surface area contributed by atoms with Crippen molar-refractivity contribution in [3.8, 4) is 17.4 Å². The first-order chi connectivity index (χ1) is 20.0. The highest BCUT2D eigenvalue weighted by Crippen LogP contribution is 2.36. The van der Waals surface area contributed by atoms with Gasteiger partial charge in [0.1, 0.15) is 17.9 Å². The van der Waals surface area contributed by atoms with Gasteiger partial charge in [0.2, 0.25) is 5.88 Å². The van der Waals surface area contributed by atoms with Gasteiger partial charge in [0, 0.05) is 46.2 Å². The standard InChI is InChI=1S/C33H25N7O/c1-33(2,3)20-10-13-35-30(14-20)39-28-16-31(36-17-26(28)24-11-12-34-18-29(24)39)41-21-8-9-22-23-6-4-5-7-27(23)40-32(25(22)15-21)37-19-38-40/h4-19H,1-3H3. The van der Waals surface area contributed by atoms with Gasteiger partial charge in [0.05, 0.1) is 22.7 Å². The fourth-order valence-corrected chi connectivity index (χ4v) is 5.67. The van der Waals surface area contributed by atoms with E-state index in [1.807, 2.05) is 59.5 Å². The van der Waals surface area contributed by atoms with Gasteiger partial charge in [-0.2, -0.15) is 5.10 Å². The van der Waals surface area contributed by atoms with Crippen LogP contribution >= 0.6 is 0 Å². The summed E-state index contributed by atoms with van der Waals surface area (Å²) in [6.07, 6.45) is 8.99. The number of rotatable bonds is 3. The molecule has 0 amide bonds. The molecule has 0 saturated heterocycles. The minimum absolute atomic E-state index is 0.0122. The molecule has 0 saturated carbocycles. The molecule has 0 atom stereocenters. The normalized spacial score (nSPS) is 12.3. The first kappa shape index (κ1) is 23.5. The van der Waals surface area contributed by atoms with E-state index in [9.17, 15) is 0 Å². The maximum absolute atomic E-state index is 6.38. The zero-order chi connectivity index (χ0) is 27.7. The molecule has 6 heterocycles. The fourth-order valence-electron chi connectivity index (χ4n) is 5.67. The van der Waals surface area contributed by atoms with Crippen molar-refractivity contribution in [3.05, 3.63) is 103 Å². The third-order valence-corrected chi connectivity index (χ3v) is 7.69. The minimum atomic E-state index is -0.0122. The van der Waals surface area contributed by atoms with Crippen molar-refractivity contribution in [1.82, 2.24) is 34.1 Å². The monoisotopic (exact) mass is 535 g/mol. The Morgan fingerprint density at radius 1 is 0.683 bits per heavy atom. The van der Waals surface area contributed by atoms with E-state index >= 15 is 0 Å². The molecule has 0 N–H and O–H groups in total. The maximum atomic E-state index is 6.38. The molecule has 0 radical (unpaired) electrons. The van der Waals surface area contributed by atoms with E-state index in [-0.39, 0.29) is 5.41 Å². The number of fused-ring (bicyclic) bond motifs is 9. The average Bonchev–Trinajstić information content (AvgIpc) is 3.60. The van der Waals surface area contributed by atoms with Gasteiger partial charge in [0.25, 0.3) is 0 Å². The average molecular weight is 536 g/mol. The third-order valence-electron chi connectivity index (χ3n) is 7.69. The molecule has 8 aromatic rings. The molecule has 0 aliphatic heterocycles. The number of benzene rings is 2. The lowest BCUT2D eigenvalue weighted by Gasteiger charge is -2.19. The van der Waals surface area contributed by atoms with Gasteiger partial charge >= 0.3 is 0 Å². The van der Waals surface area contributed by atoms with Crippen LogP contribution in [0.1, 0.15) is 26.3 Å². The summed E-state index contributed by atoms with van der Waals surface area (Å²) in [5.74, 6) is 1.98. The van der Waals surface area contributed by atoms with E-state index in [1.54, 1.807) is 12.5 Å². The highest BCUT2D eigenvalue weighted by Gasteiger charge is 2.19. The molecule has 0 aliphatic carbocycles. The van der Waals surface area contributed by atoms with Gasteiger partial charge in [-0.1, -0.05) is 39.0 Å². The van der Waals surface area contributed by atoms with Crippen LogP contribution in [0.15, 0.2) is 97.8 Å². The van der Waals surface area contributed by atoms with Gasteiger partial charge in [0.15, 0.2) is 5.65 Å². The van der Waals surface area contributed by atoms with Crippen LogP contribution in [0.4, 0.5) is 0 Å². The lowest BCUT2D eigenvalue weighted by Crippen LogP contribution is -2.12. The first-order valence-corrected chi connectivity index (χ1v) is 13.5. The number of hydrogen-bond acceptors (Lipinski definition) is 6. The van der Waals surface area contributed by atoms with Crippen LogP contribution in [0.25, 0.3) is 54.9 Å². The molecule has 0 aliphatic rings. The van der Waals surface area contributed by atoms with Crippen LogP contribution in [-0.2, 0) is 5.41 Å². The van der Waals surface area contributed by atoms with E-state index in [0.29, 0.717) is 11.6 Å². The summed E-state index contributed by atoms with van der Waals surface area (Å²) in [7, 11) is 0. The summed E-state index contributed by atoms with van der Waals surface area (Å²) in [4.78, 5) is 18.4. The van der Waals surface area contributed by atoms with Crippen molar-refractivity contribution in [2.24, 2.45) is 0 Å². The molecule has 0 fully saturated rings. The van der Waals surface area contributed by atoms with E-state index < -0.39 is 0 Å². The van der Waals surface area contributed by atoms with Gasteiger partial charge in [-0.3, -0.25) is 9.55 Å². The number of ether oxygens (including phenoxy) is 1. The SMILES string of the molecule is CC(C)(C)c1ccnc(-n2c3cnccc3c3cnc(Oc4ccc5c6ccccc6n6ncnc6c5c4)cc32)c1. The number of nitrogens with zero attached hydrogens (tertiary/aromatic N) is 7. The molecule has 41 heavy (non-hydrogen) atoms. The van der Waals surface area contributed by atoms with Crippen LogP contribution < -0.4 is 4.74 Å². The van der Waals surface area contributed by atoms with Crippen molar-refractivity contribution in [1.29, 1.82) is 0 Å². The van der Waals surface area contributed by atoms with Crippen molar-refractivity contribution in [3.63, 3.8) is 0 Å². The number of hydrogen-bond donors (Lipinski definition) is 0. The fraction of sp³-hybridized carbons (Fsp3) is 0.121. The third kappa shape index (κ3) is 3.64. The van der Waals surface area contributed by atoms with Gasteiger partial charge in [-0.15, -0.1) is 0 Å². The number of para-hydroxylation sites is 1. The summed E-state index contributed by atoms with van der Waals surface area (Å²) in [6, 6.07) is 22.5. The Labute approximate surface area is 234 Å². The summed E-state index contributed by atoms with van der Waals surface area (Å²) in [5.41, 5.74) is 4.90. The summed E-state index contributed by atoms with van der Waals surface area (Å²) in [6.45, 7) is 6.61. The van der Waals surface area contributed by atoms with Crippen LogP contribution in [0.3, 0.4) is 0 Å². The maximum Gasteiger partial charge on any atom is 0.221 e. The van der Waals surface area contributed by atoms with Gasteiger partial charge in [-0.25, -0.2) is 19.5 Å². The van der Waals surface area contributed by atoms with Gasteiger partial charge < -0.3 is 4.74 Å². The second kappa shape index (κ2) is 8.56. The second-order valence-electron chi connectivity index (χ2n) is 11.2. The van der Waals surface area contributed by atoms with E-state index in [0.717, 1.165) is 54.9 Å². The van der Waals surface area contributed by atoms with Crippen LogP contribution in [0.2, 0.25) is 0 Å². The Bertz CT molecular complexity index is 2290. The summed E-state index contributed by atoms with van der Waals surface area (Å²) in [5, 5.41) is 9.69. The Morgan fingerprint density at radius 3 is 2.46 bits per heavy atom. The van der Waals surface area contributed by atoms with Crippen molar-refractivity contribution < 1.29 is 4.74 Å². The number of pyridine rings is 4. The molecule has 8 heteroatoms. The molecule has 0 unspecified atom stereocenters. The van der Waals surface area contributed by atoms with Crippen molar-refractivity contribution >= 4 is 49.1 Å². The van der Waals surface area contributed by atoms with Crippen LogP contribution in [0, 0.1) is 0 Å². The van der Waals surface area contributed by atoms with Gasteiger partial charge in [-0.05, 0) is 58.8 Å². The van der Waals surface area contributed by atoms with E-state index in [2.05, 4.69) is 75.7 Å². The Morgan fingerprint density at radius 2 is 1.56 bits per heavy atom. The highest BCUT2D eigenvalue weighted by molar-refractivity contribution is 6.12. The quantitative estimate of drug-likeness (QED) is 0.219. The van der Waals surface area contributed by atoms with Crippen LogP contribution in [0.5, 0.6) is 11.6 Å².